The molecule has 0 aliphatic carbocycles. The summed E-state index contributed by atoms with van der Waals surface area (Å²) in [5.74, 6) is 0.608. The van der Waals surface area contributed by atoms with E-state index in [4.69, 9.17) is 0 Å². The molecule has 0 spiro atoms. The zero-order valence-corrected chi connectivity index (χ0v) is 17.5. The van der Waals surface area contributed by atoms with Crippen molar-refractivity contribution >= 4 is 41.5 Å². The topological polar surface area (TPSA) is 65.5 Å². The van der Waals surface area contributed by atoms with Gasteiger partial charge >= 0.3 is 0 Å². The van der Waals surface area contributed by atoms with E-state index < -0.39 is 0 Å². The van der Waals surface area contributed by atoms with Crippen LogP contribution < -0.4 is 16.0 Å². The largest absolute Gasteiger partial charge is 0.356 e. The number of anilines is 1. The molecule has 27 heavy (non-hydrogen) atoms. The van der Waals surface area contributed by atoms with Crippen molar-refractivity contribution in [1.82, 2.24) is 10.6 Å². The van der Waals surface area contributed by atoms with Gasteiger partial charge in [0.25, 0.3) is 0 Å². The first kappa shape index (κ1) is 21.1. The molecule has 1 aliphatic rings. The highest BCUT2D eigenvalue weighted by Crippen LogP contribution is 2.31. The van der Waals surface area contributed by atoms with Crippen LogP contribution in [0.4, 0.5) is 10.1 Å². The number of halogens is 2. The zero-order chi connectivity index (χ0) is 18.4. The number of rotatable bonds is 5. The van der Waals surface area contributed by atoms with Crippen molar-refractivity contribution in [2.75, 3.05) is 25.5 Å². The van der Waals surface area contributed by atoms with E-state index >= 15 is 0 Å². The van der Waals surface area contributed by atoms with Gasteiger partial charge in [0.2, 0.25) is 5.91 Å². The lowest BCUT2D eigenvalue weighted by Gasteiger charge is -2.26. The second kappa shape index (κ2) is 10.2. The Morgan fingerprint density at radius 1 is 1.19 bits per heavy atom. The predicted octanol–water partition coefficient (Wildman–Crippen LogP) is 3.28. The Bertz CT molecular complexity index is 795. The van der Waals surface area contributed by atoms with Gasteiger partial charge in [-0.15, -0.1) is 24.0 Å². The smallest absolute Gasteiger partial charge is 0.225 e. The van der Waals surface area contributed by atoms with Crippen molar-refractivity contribution in [3.8, 4) is 0 Å². The molecule has 3 N–H and O–H groups in total. The van der Waals surface area contributed by atoms with Crippen molar-refractivity contribution in [2.45, 2.75) is 18.8 Å². The van der Waals surface area contributed by atoms with Gasteiger partial charge in [0.1, 0.15) is 5.82 Å². The fraction of sp³-hybridized carbons (Fsp3) is 0.300. The molecule has 1 heterocycles. The van der Waals surface area contributed by atoms with Crippen LogP contribution in [-0.4, -0.2) is 32.0 Å². The van der Waals surface area contributed by atoms with Crippen LogP contribution >= 0.6 is 24.0 Å². The second-order valence-corrected chi connectivity index (χ2v) is 6.29. The Hall–Kier alpha value is -2.16. The maximum absolute atomic E-state index is 12.9. The number of guanidine groups is 1. The summed E-state index contributed by atoms with van der Waals surface area (Å²) in [6, 6.07) is 14.4. The van der Waals surface area contributed by atoms with Gasteiger partial charge in [-0.05, 0) is 35.7 Å². The van der Waals surface area contributed by atoms with Gasteiger partial charge in [0.15, 0.2) is 5.96 Å². The van der Waals surface area contributed by atoms with E-state index in [2.05, 4.69) is 20.9 Å². The summed E-state index contributed by atoms with van der Waals surface area (Å²) in [6.07, 6.45) is 1.23. The van der Waals surface area contributed by atoms with Crippen molar-refractivity contribution in [3.05, 3.63) is 65.5 Å². The average molecular weight is 482 g/mol. The van der Waals surface area contributed by atoms with Crippen molar-refractivity contribution < 1.29 is 9.18 Å². The van der Waals surface area contributed by atoms with Crippen molar-refractivity contribution in [3.63, 3.8) is 0 Å². The molecule has 1 unspecified atom stereocenters. The number of carbonyl (C=O) groups is 1. The molecule has 2 aromatic carbocycles. The highest BCUT2D eigenvalue weighted by molar-refractivity contribution is 14.0. The summed E-state index contributed by atoms with van der Waals surface area (Å²) >= 11 is 0. The number of para-hydroxylation sites is 1. The predicted molar refractivity (Wildman–Crippen MR) is 117 cm³/mol. The summed E-state index contributed by atoms with van der Waals surface area (Å²) < 4.78 is 12.9. The highest BCUT2D eigenvalue weighted by Gasteiger charge is 2.24. The normalized spacial score (nSPS) is 16.0. The third-order valence-electron chi connectivity index (χ3n) is 4.47. The molecule has 0 saturated carbocycles. The first-order valence-electron chi connectivity index (χ1n) is 8.73. The van der Waals surface area contributed by atoms with E-state index in [1.807, 2.05) is 24.3 Å². The van der Waals surface area contributed by atoms with Crippen molar-refractivity contribution in [2.24, 2.45) is 4.99 Å². The lowest BCUT2D eigenvalue weighted by Crippen LogP contribution is -2.41. The van der Waals surface area contributed by atoms with E-state index in [0.29, 0.717) is 25.5 Å². The number of nitrogens with zero attached hydrogens (tertiary/aromatic N) is 1. The van der Waals surface area contributed by atoms with Crippen LogP contribution in [0.1, 0.15) is 23.5 Å². The van der Waals surface area contributed by atoms with Crippen LogP contribution in [0.5, 0.6) is 0 Å². The van der Waals surface area contributed by atoms with Crippen LogP contribution in [-0.2, 0) is 11.2 Å². The summed E-state index contributed by atoms with van der Waals surface area (Å²) in [4.78, 5) is 16.1. The average Bonchev–Trinajstić information content (AvgIpc) is 2.65. The van der Waals surface area contributed by atoms with Gasteiger partial charge in [-0.2, -0.15) is 0 Å². The number of hydrogen-bond acceptors (Lipinski definition) is 2. The van der Waals surface area contributed by atoms with Crippen LogP contribution in [0.15, 0.2) is 53.5 Å². The number of carbonyl (C=O) groups excluding carboxylic acids is 1. The number of aliphatic imine (C=N–C) groups is 1. The molecule has 0 radical (unpaired) electrons. The summed E-state index contributed by atoms with van der Waals surface area (Å²) in [7, 11) is 1.72. The molecule has 0 fully saturated rings. The van der Waals surface area contributed by atoms with E-state index in [1.165, 1.54) is 12.1 Å². The molecular weight excluding hydrogens is 458 g/mol. The van der Waals surface area contributed by atoms with Gasteiger partial charge in [-0.25, -0.2) is 4.39 Å². The zero-order valence-electron chi connectivity index (χ0n) is 15.2. The monoisotopic (exact) mass is 482 g/mol. The lowest BCUT2D eigenvalue weighted by molar-refractivity contribution is -0.116. The minimum absolute atomic E-state index is 0. The number of amides is 1. The van der Waals surface area contributed by atoms with E-state index in [-0.39, 0.29) is 41.6 Å². The first-order chi connectivity index (χ1) is 12.7. The summed E-state index contributed by atoms with van der Waals surface area (Å²) in [5.41, 5.74) is 3.09. The maximum atomic E-state index is 12.9. The molecule has 1 amide bonds. The van der Waals surface area contributed by atoms with Gasteiger partial charge in [0.05, 0.1) is 0 Å². The second-order valence-electron chi connectivity index (χ2n) is 6.29. The number of hydrogen-bond donors (Lipinski definition) is 3. The minimum Gasteiger partial charge on any atom is -0.356 e. The molecule has 1 aliphatic heterocycles. The summed E-state index contributed by atoms with van der Waals surface area (Å²) in [5, 5.41) is 9.46. The molecular formula is C20H24FIN4O. The lowest BCUT2D eigenvalue weighted by atomic mass is 9.90. The Balaban J connectivity index is 0.00000261. The van der Waals surface area contributed by atoms with Gasteiger partial charge in [0, 0.05) is 38.2 Å². The Kier molecular flexibility index (Phi) is 8.02. The Labute approximate surface area is 175 Å². The van der Waals surface area contributed by atoms with Crippen molar-refractivity contribution in [1.29, 1.82) is 0 Å². The Morgan fingerprint density at radius 3 is 2.67 bits per heavy atom. The highest BCUT2D eigenvalue weighted by atomic mass is 127. The molecule has 0 bridgehead atoms. The maximum Gasteiger partial charge on any atom is 0.225 e. The fourth-order valence-electron chi connectivity index (χ4n) is 3.10. The molecule has 7 heteroatoms. The molecule has 5 nitrogen and oxygen atoms in total. The quantitative estimate of drug-likeness (QED) is 0.348. The summed E-state index contributed by atoms with van der Waals surface area (Å²) in [6.45, 7) is 1.31. The van der Waals surface area contributed by atoms with Crippen LogP contribution in [0.3, 0.4) is 0 Å². The number of fused-ring (bicyclic) bond motifs is 1. The Morgan fingerprint density at radius 2 is 1.93 bits per heavy atom. The molecule has 0 aromatic heterocycles. The standard InChI is InChI=1S/C20H23FN4O.HI/c1-22-20(23-11-10-14-6-8-16(21)9-7-14)24-13-15-12-19(26)25-18-5-3-2-4-17(15)18;/h2-9,15H,10-13H2,1H3,(H,25,26)(H2,22,23,24);1H. The van der Waals surface area contributed by atoms with Crippen LogP contribution in [0, 0.1) is 5.82 Å². The van der Waals surface area contributed by atoms with E-state index in [0.717, 1.165) is 23.2 Å². The van der Waals surface area contributed by atoms with Gasteiger partial charge in [-0.1, -0.05) is 30.3 Å². The molecule has 0 saturated heterocycles. The van der Waals surface area contributed by atoms with Crippen LogP contribution in [0.2, 0.25) is 0 Å². The number of nitrogens with one attached hydrogen (secondary N) is 3. The third-order valence-corrected chi connectivity index (χ3v) is 4.47. The van der Waals surface area contributed by atoms with Gasteiger partial charge < -0.3 is 16.0 Å². The third kappa shape index (κ3) is 5.92. The van der Waals surface area contributed by atoms with Crippen LogP contribution in [0.25, 0.3) is 0 Å². The van der Waals surface area contributed by atoms with E-state index in [9.17, 15) is 9.18 Å². The van der Waals surface area contributed by atoms with Gasteiger partial charge in [-0.3, -0.25) is 9.79 Å². The minimum atomic E-state index is -0.226. The molecule has 3 rings (SSSR count). The fourth-order valence-corrected chi connectivity index (χ4v) is 3.10. The van der Waals surface area contributed by atoms with E-state index in [1.54, 1.807) is 19.2 Å². The molecule has 2 aromatic rings. The SMILES string of the molecule is CN=C(NCCc1ccc(F)cc1)NCC1CC(=O)Nc2ccccc21.I. The number of benzene rings is 2. The molecule has 144 valence electrons. The molecule has 1 atom stereocenters. The first-order valence-corrected chi connectivity index (χ1v) is 8.73.